The first-order valence-corrected chi connectivity index (χ1v) is 8.16. The molecule has 1 aromatic heterocycles. The molecule has 0 radical (unpaired) electrons. The lowest BCUT2D eigenvalue weighted by Gasteiger charge is -2.07. The Hall–Kier alpha value is -1.05. The van der Waals surface area contributed by atoms with Crippen molar-refractivity contribution in [3.63, 3.8) is 0 Å². The third kappa shape index (κ3) is 3.04. The molecule has 0 amide bonds. The standard InChI is InChI=1S/C11H11BrN2O2S2/c1-7-2-8(12)4-10(3-7)14-18(15,16)11-5-9(13)6-17-11/h2-6,14H,13H2,1H3. The number of hydrogen-bond donors (Lipinski definition) is 2. The van der Waals surface area contributed by atoms with E-state index >= 15 is 0 Å². The number of nitrogens with one attached hydrogen (secondary N) is 1. The van der Waals surface area contributed by atoms with Crippen molar-refractivity contribution >= 4 is 48.7 Å². The summed E-state index contributed by atoms with van der Waals surface area (Å²) in [4.78, 5) is 0. The monoisotopic (exact) mass is 346 g/mol. The zero-order valence-corrected chi connectivity index (χ0v) is 12.7. The number of nitrogen functional groups attached to an aromatic ring is 1. The van der Waals surface area contributed by atoms with Gasteiger partial charge in [-0.2, -0.15) is 0 Å². The van der Waals surface area contributed by atoms with Crippen LogP contribution in [-0.4, -0.2) is 8.42 Å². The smallest absolute Gasteiger partial charge is 0.271 e. The lowest BCUT2D eigenvalue weighted by atomic mass is 10.2. The summed E-state index contributed by atoms with van der Waals surface area (Å²) in [7, 11) is -3.56. The van der Waals surface area contributed by atoms with Crippen LogP contribution < -0.4 is 10.5 Å². The second kappa shape index (κ2) is 4.91. The van der Waals surface area contributed by atoms with Crippen molar-refractivity contribution in [3.05, 3.63) is 39.7 Å². The molecule has 0 aliphatic heterocycles. The summed E-state index contributed by atoms with van der Waals surface area (Å²) in [5, 5.41) is 1.60. The Balaban J connectivity index is 2.33. The Labute approximate surface area is 118 Å². The minimum absolute atomic E-state index is 0.206. The van der Waals surface area contributed by atoms with E-state index in [9.17, 15) is 8.42 Å². The van der Waals surface area contributed by atoms with Crippen molar-refractivity contribution in [3.8, 4) is 0 Å². The molecule has 1 heterocycles. The quantitative estimate of drug-likeness (QED) is 0.896. The van der Waals surface area contributed by atoms with Crippen LogP contribution in [0.1, 0.15) is 5.56 Å². The first kappa shape index (κ1) is 13.4. The van der Waals surface area contributed by atoms with E-state index in [1.165, 1.54) is 6.07 Å². The van der Waals surface area contributed by atoms with Crippen LogP contribution in [0, 0.1) is 6.92 Å². The van der Waals surface area contributed by atoms with Gasteiger partial charge in [-0.25, -0.2) is 8.42 Å². The Kier molecular flexibility index (Phi) is 3.65. The fraction of sp³-hybridized carbons (Fsp3) is 0.0909. The molecule has 0 spiro atoms. The van der Waals surface area contributed by atoms with Crippen LogP contribution in [0.5, 0.6) is 0 Å². The maximum atomic E-state index is 12.1. The molecule has 2 aromatic rings. The molecule has 0 saturated heterocycles. The van der Waals surface area contributed by atoms with Crippen molar-refractivity contribution in [2.45, 2.75) is 11.1 Å². The predicted molar refractivity (Wildman–Crippen MR) is 78.4 cm³/mol. The van der Waals surface area contributed by atoms with E-state index in [1.807, 2.05) is 13.0 Å². The Bertz CT molecular complexity index is 660. The van der Waals surface area contributed by atoms with Gasteiger partial charge in [0.05, 0.1) is 5.69 Å². The molecule has 96 valence electrons. The molecule has 0 aliphatic rings. The normalized spacial score (nSPS) is 11.4. The largest absolute Gasteiger partial charge is 0.398 e. The number of nitrogens with two attached hydrogens (primary N) is 1. The van der Waals surface area contributed by atoms with E-state index in [0.29, 0.717) is 11.4 Å². The van der Waals surface area contributed by atoms with E-state index < -0.39 is 10.0 Å². The molecular formula is C11H11BrN2O2S2. The van der Waals surface area contributed by atoms with E-state index in [4.69, 9.17) is 5.73 Å². The molecule has 4 nitrogen and oxygen atoms in total. The number of benzene rings is 1. The summed E-state index contributed by atoms with van der Waals surface area (Å²) < 4.78 is 27.7. The van der Waals surface area contributed by atoms with Crippen LogP contribution >= 0.6 is 27.3 Å². The van der Waals surface area contributed by atoms with Crippen molar-refractivity contribution in [2.75, 3.05) is 10.5 Å². The summed E-state index contributed by atoms with van der Waals surface area (Å²) in [6.45, 7) is 1.89. The van der Waals surface area contributed by atoms with Crippen LogP contribution in [-0.2, 0) is 10.0 Å². The second-order valence-corrected chi connectivity index (χ2v) is 7.56. The van der Waals surface area contributed by atoms with E-state index in [-0.39, 0.29) is 4.21 Å². The van der Waals surface area contributed by atoms with Gasteiger partial charge in [0.25, 0.3) is 10.0 Å². The summed E-state index contributed by atoms with van der Waals surface area (Å²) in [6.07, 6.45) is 0. The number of aryl methyl sites for hydroxylation is 1. The van der Waals surface area contributed by atoms with E-state index in [0.717, 1.165) is 21.4 Å². The van der Waals surface area contributed by atoms with Gasteiger partial charge in [-0.1, -0.05) is 15.9 Å². The molecule has 0 unspecified atom stereocenters. The highest BCUT2D eigenvalue weighted by Gasteiger charge is 2.16. The molecule has 0 fully saturated rings. The lowest BCUT2D eigenvalue weighted by Crippen LogP contribution is -2.11. The fourth-order valence-electron chi connectivity index (χ4n) is 1.47. The number of halogens is 1. The molecule has 0 saturated carbocycles. The molecule has 3 N–H and O–H groups in total. The van der Waals surface area contributed by atoms with Gasteiger partial charge in [-0.05, 0) is 36.8 Å². The SMILES string of the molecule is Cc1cc(Br)cc(NS(=O)(=O)c2cc(N)cs2)c1. The van der Waals surface area contributed by atoms with Gasteiger partial charge in [0.1, 0.15) is 4.21 Å². The van der Waals surface area contributed by atoms with Gasteiger partial charge >= 0.3 is 0 Å². The Morgan fingerprint density at radius 1 is 1.28 bits per heavy atom. The third-order valence-electron chi connectivity index (χ3n) is 2.15. The molecule has 2 rings (SSSR count). The maximum Gasteiger partial charge on any atom is 0.271 e. The lowest BCUT2D eigenvalue weighted by molar-refractivity contribution is 0.603. The van der Waals surface area contributed by atoms with Crippen LogP contribution in [0.2, 0.25) is 0 Å². The number of rotatable bonds is 3. The summed E-state index contributed by atoms with van der Waals surface area (Å²) in [6, 6.07) is 6.82. The summed E-state index contributed by atoms with van der Waals surface area (Å²) in [5.41, 5.74) is 7.47. The number of hydrogen-bond acceptors (Lipinski definition) is 4. The van der Waals surface area contributed by atoms with Gasteiger partial charge in [-0.15, -0.1) is 11.3 Å². The molecule has 0 atom stereocenters. The predicted octanol–water partition coefficient (Wildman–Crippen LogP) is 3.20. The first-order chi connectivity index (χ1) is 8.37. The molecule has 18 heavy (non-hydrogen) atoms. The van der Waals surface area contributed by atoms with Crippen molar-refractivity contribution in [2.24, 2.45) is 0 Å². The minimum atomic E-state index is -3.56. The van der Waals surface area contributed by atoms with E-state index in [1.54, 1.807) is 17.5 Å². The molecule has 7 heteroatoms. The highest BCUT2D eigenvalue weighted by molar-refractivity contribution is 9.10. The Morgan fingerprint density at radius 2 is 2.00 bits per heavy atom. The summed E-state index contributed by atoms with van der Waals surface area (Å²) in [5.74, 6) is 0. The number of thiophene rings is 1. The average Bonchev–Trinajstić information content (AvgIpc) is 2.62. The van der Waals surface area contributed by atoms with Gasteiger partial charge in [-0.3, -0.25) is 4.72 Å². The van der Waals surface area contributed by atoms with Gasteiger partial charge in [0.15, 0.2) is 0 Å². The van der Waals surface area contributed by atoms with Gasteiger partial charge < -0.3 is 5.73 Å². The third-order valence-corrected chi connectivity index (χ3v) is 5.45. The highest BCUT2D eigenvalue weighted by atomic mass is 79.9. The van der Waals surface area contributed by atoms with Crippen LogP contribution in [0.15, 0.2) is 38.3 Å². The fourth-order valence-corrected chi connectivity index (χ4v) is 4.20. The second-order valence-electron chi connectivity index (χ2n) is 3.82. The first-order valence-electron chi connectivity index (χ1n) is 5.01. The average molecular weight is 347 g/mol. The number of anilines is 2. The molecule has 0 bridgehead atoms. The van der Waals surface area contributed by atoms with Crippen molar-refractivity contribution in [1.29, 1.82) is 0 Å². The van der Waals surface area contributed by atoms with Crippen LogP contribution in [0.3, 0.4) is 0 Å². The molecular weight excluding hydrogens is 336 g/mol. The topological polar surface area (TPSA) is 72.2 Å². The van der Waals surface area contributed by atoms with E-state index in [2.05, 4.69) is 20.7 Å². The Morgan fingerprint density at radius 3 is 2.56 bits per heavy atom. The number of sulfonamides is 1. The zero-order valence-electron chi connectivity index (χ0n) is 9.48. The molecule has 0 aliphatic carbocycles. The summed E-state index contributed by atoms with van der Waals surface area (Å²) >= 11 is 4.43. The van der Waals surface area contributed by atoms with Crippen molar-refractivity contribution < 1.29 is 8.42 Å². The van der Waals surface area contributed by atoms with Crippen LogP contribution in [0.25, 0.3) is 0 Å². The van der Waals surface area contributed by atoms with Crippen LogP contribution in [0.4, 0.5) is 11.4 Å². The van der Waals surface area contributed by atoms with Crippen molar-refractivity contribution in [1.82, 2.24) is 0 Å². The molecule has 1 aromatic carbocycles. The zero-order chi connectivity index (χ0) is 13.3. The van der Waals surface area contributed by atoms with Gasteiger partial charge in [0.2, 0.25) is 0 Å². The highest BCUT2D eigenvalue weighted by Crippen LogP contribution is 2.26. The minimum Gasteiger partial charge on any atom is -0.398 e. The van der Waals surface area contributed by atoms with Gasteiger partial charge in [0, 0.05) is 15.5 Å². The maximum absolute atomic E-state index is 12.1.